The molecule has 1 fully saturated rings. The Bertz CT molecular complexity index is 715. The second-order valence-electron chi connectivity index (χ2n) is 5.55. The van der Waals surface area contributed by atoms with Crippen molar-refractivity contribution in [1.29, 1.82) is 0 Å². The minimum absolute atomic E-state index is 0.333. The van der Waals surface area contributed by atoms with Gasteiger partial charge in [-0.15, -0.1) is 0 Å². The number of nitrogens with one attached hydrogen (secondary N) is 2. The quantitative estimate of drug-likeness (QED) is 0.899. The topological polar surface area (TPSA) is 74.8 Å². The number of benzene rings is 1. The number of aromatic amines is 1. The third-order valence-electron chi connectivity index (χ3n) is 3.81. The molecule has 0 amide bonds. The zero-order valence-corrected chi connectivity index (χ0v) is 12.3. The van der Waals surface area contributed by atoms with Crippen molar-refractivity contribution < 1.29 is 8.42 Å². The summed E-state index contributed by atoms with van der Waals surface area (Å²) in [6.45, 7) is 2.14. The highest BCUT2D eigenvalue weighted by Crippen LogP contribution is 2.20. The van der Waals surface area contributed by atoms with E-state index in [1.807, 2.05) is 0 Å². The summed E-state index contributed by atoms with van der Waals surface area (Å²) in [7, 11) is -3.17. The van der Waals surface area contributed by atoms with Gasteiger partial charge in [-0.1, -0.05) is 0 Å². The first-order valence-electron chi connectivity index (χ1n) is 6.92. The van der Waals surface area contributed by atoms with Crippen LogP contribution in [0.2, 0.25) is 0 Å². The summed E-state index contributed by atoms with van der Waals surface area (Å²) in [5.41, 5.74) is 1.63. The van der Waals surface area contributed by atoms with Gasteiger partial charge in [-0.3, -0.25) is 0 Å². The average Bonchev–Trinajstić information content (AvgIpc) is 2.80. The molecule has 2 aromatic rings. The summed E-state index contributed by atoms with van der Waals surface area (Å²) in [5.74, 6) is 1.55. The highest BCUT2D eigenvalue weighted by Gasteiger charge is 2.16. The molecule has 0 bridgehead atoms. The molecule has 1 aliphatic rings. The number of aromatic nitrogens is 2. The van der Waals surface area contributed by atoms with E-state index in [-0.39, 0.29) is 0 Å². The molecule has 0 aliphatic carbocycles. The van der Waals surface area contributed by atoms with Crippen molar-refractivity contribution in [2.75, 3.05) is 19.3 Å². The van der Waals surface area contributed by atoms with E-state index in [4.69, 9.17) is 0 Å². The van der Waals surface area contributed by atoms with Crippen LogP contribution in [0.3, 0.4) is 0 Å². The standard InChI is InChI=1S/C14H19N3O2S/c1-20(18,19)11-4-5-12-13(8-11)17-14(16-12)7-10-3-2-6-15-9-10/h4-5,8,10,15H,2-3,6-7,9H2,1H3,(H,16,17). The molecule has 1 unspecified atom stereocenters. The number of imidazole rings is 1. The molecule has 108 valence electrons. The van der Waals surface area contributed by atoms with Crippen LogP contribution in [-0.2, 0) is 16.3 Å². The van der Waals surface area contributed by atoms with Crippen LogP contribution in [-0.4, -0.2) is 37.7 Å². The molecular weight excluding hydrogens is 274 g/mol. The third-order valence-corrected chi connectivity index (χ3v) is 4.92. The molecule has 0 saturated carbocycles. The van der Waals surface area contributed by atoms with Gasteiger partial charge < -0.3 is 10.3 Å². The maximum atomic E-state index is 11.6. The van der Waals surface area contributed by atoms with Crippen molar-refractivity contribution in [1.82, 2.24) is 15.3 Å². The van der Waals surface area contributed by atoms with Gasteiger partial charge in [0.15, 0.2) is 9.84 Å². The van der Waals surface area contributed by atoms with Crippen molar-refractivity contribution in [2.45, 2.75) is 24.2 Å². The number of fused-ring (bicyclic) bond motifs is 1. The lowest BCUT2D eigenvalue weighted by molar-refractivity contribution is 0.371. The Hall–Kier alpha value is -1.40. The summed E-state index contributed by atoms with van der Waals surface area (Å²) in [4.78, 5) is 8.14. The molecular formula is C14H19N3O2S. The van der Waals surface area contributed by atoms with E-state index in [1.165, 1.54) is 19.1 Å². The van der Waals surface area contributed by atoms with Gasteiger partial charge in [0.25, 0.3) is 0 Å². The van der Waals surface area contributed by atoms with E-state index in [2.05, 4.69) is 15.3 Å². The highest BCUT2D eigenvalue weighted by atomic mass is 32.2. The number of H-pyrrole nitrogens is 1. The molecule has 0 spiro atoms. The molecule has 1 atom stereocenters. The monoisotopic (exact) mass is 293 g/mol. The fourth-order valence-electron chi connectivity index (χ4n) is 2.74. The van der Waals surface area contributed by atoms with Gasteiger partial charge in [-0.2, -0.15) is 0 Å². The van der Waals surface area contributed by atoms with Gasteiger partial charge in [0.05, 0.1) is 15.9 Å². The first kappa shape index (κ1) is 13.6. The van der Waals surface area contributed by atoms with Crippen LogP contribution in [0, 0.1) is 5.92 Å². The molecule has 5 nitrogen and oxygen atoms in total. The Morgan fingerprint density at radius 2 is 2.25 bits per heavy atom. The Kier molecular flexibility index (Phi) is 3.52. The van der Waals surface area contributed by atoms with Gasteiger partial charge in [-0.25, -0.2) is 13.4 Å². The minimum atomic E-state index is -3.17. The summed E-state index contributed by atoms with van der Waals surface area (Å²) in [6.07, 6.45) is 4.57. The third kappa shape index (κ3) is 2.86. The first-order valence-corrected chi connectivity index (χ1v) is 8.81. The number of sulfone groups is 1. The largest absolute Gasteiger partial charge is 0.342 e. The molecule has 20 heavy (non-hydrogen) atoms. The van der Waals surface area contributed by atoms with Gasteiger partial charge in [0, 0.05) is 12.7 Å². The molecule has 3 rings (SSSR count). The molecule has 1 aliphatic heterocycles. The van der Waals surface area contributed by atoms with E-state index >= 15 is 0 Å². The molecule has 0 radical (unpaired) electrons. The SMILES string of the molecule is CS(=O)(=O)c1ccc2nc(CC3CCCNC3)[nH]c2c1. The minimum Gasteiger partial charge on any atom is -0.342 e. The van der Waals surface area contributed by atoms with E-state index in [1.54, 1.807) is 18.2 Å². The van der Waals surface area contributed by atoms with Crippen molar-refractivity contribution in [2.24, 2.45) is 5.92 Å². The molecule has 1 saturated heterocycles. The summed E-state index contributed by atoms with van der Waals surface area (Å²) in [5, 5.41) is 3.40. The smallest absolute Gasteiger partial charge is 0.175 e. The maximum Gasteiger partial charge on any atom is 0.175 e. The Morgan fingerprint density at radius 3 is 2.95 bits per heavy atom. The number of rotatable bonds is 3. The van der Waals surface area contributed by atoms with E-state index in [9.17, 15) is 8.42 Å². The van der Waals surface area contributed by atoms with E-state index in [0.717, 1.165) is 36.4 Å². The summed E-state index contributed by atoms with van der Waals surface area (Å²) < 4.78 is 23.1. The summed E-state index contributed by atoms with van der Waals surface area (Å²) in [6, 6.07) is 5.05. The Balaban J connectivity index is 1.86. The van der Waals surface area contributed by atoms with Crippen molar-refractivity contribution in [3.63, 3.8) is 0 Å². The van der Waals surface area contributed by atoms with Crippen molar-refractivity contribution >= 4 is 20.9 Å². The van der Waals surface area contributed by atoms with Crippen LogP contribution < -0.4 is 5.32 Å². The maximum absolute atomic E-state index is 11.6. The predicted molar refractivity (Wildman–Crippen MR) is 78.5 cm³/mol. The van der Waals surface area contributed by atoms with Gasteiger partial charge in [0.2, 0.25) is 0 Å². The highest BCUT2D eigenvalue weighted by molar-refractivity contribution is 7.90. The lowest BCUT2D eigenvalue weighted by Crippen LogP contribution is -2.31. The zero-order valence-electron chi connectivity index (χ0n) is 11.5. The van der Waals surface area contributed by atoms with E-state index < -0.39 is 9.84 Å². The molecule has 1 aromatic heterocycles. The second kappa shape index (κ2) is 5.18. The number of piperidine rings is 1. The summed E-state index contributed by atoms with van der Waals surface area (Å²) >= 11 is 0. The Labute approximate surface area is 118 Å². The van der Waals surface area contributed by atoms with Crippen LogP contribution in [0.1, 0.15) is 18.7 Å². The number of hydrogen-bond donors (Lipinski definition) is 2. The lowest BCUT2D eigenvalue weighted by atomic mass is 9.96. The van der Waals surface area contributed by atoms with Gasteiger partial charge in [0.1, 0.15) is 5.82 Å². The molecule has 2 N–H and O–H groups in total. The fraction of sp³-hybridized carbons (Fsp3) is 0.500. The normalized spacial score (nSPS) is 20.4. The van der Waals surface area contributed by atoms with Gasteiger partial charge >= 0.3 is 0 Å². The Morgan fingerprint density at radius 1 is 1.40 bits per heavy atom. The van der Waals surface area contributed by atoms with E-state index in [0.29, 0.717) is 10.8 Å². The van der Waals surface area contributed by atoms with Crippen LogP contribution in [0.5, 0.6) is 0 Å². The van der Waals surface area contributed by atoms with Crippen LogP contribution >= 0.6 is 0 Å². The van der Waals surface area contributed by atoms with Crippen LogP contribution in [0.15, 0.2) is 23.1 Å². The molecule has 1 aromatic carbocycles. The molecule has 6 heteroatoms. The molecule has 2 heterocycles. The lowest BCUT2D eigenvalue weighted by Gasteiger charge is -2.21. The van der Waals surface area contributed by atoms with Crippen LogP contribution in [0.25, 0.3) is 11.0 Å². The number of nitrogens with zero attached hydrogens (tertiary/aromatic N) is 1. The first-order chi connectivity index (χ1) is 9.52. The zero-order chi connectivity index (χ0) is 14.2. The second-order valence-corrected chi connectivity index (χ2v) is 7.57. The van der Waals surface area contributed by atoms with Crippen LogP contribution in [0.4, 0.5) is 0 Å². The van der Waals surface area contributed by atoms with Gasteiger partial charge in [-0.05, 0) is 50.0 Å². The number of hydrogen-bond acceptors (Lipinski definition) is 4. The average molecular weight is 293 g/mol. The van der Waals surface area contributed by atoms with Crippen molar-refractivity contribution in [3.05, 3.63) is 24.0 Å². The fourth-order valence-corrected chi connectivity index (χ4v) is 3.39. The predicted octanol–water partition coefficient (Wildman–Crippen LogP) is 1.51. The van der Waals surface area contributed by atoms with Crippen molar-refractivity contribution in [3.8, 4) is 0 Å².